The van der Waals surface area contributed by atoms with E-state index >= 15 is 0 Å². The molecule has 0 aliphatic carbocycles. The van der Waals surface area contributed by atoms with Gasteiger partial charge in [0.05, 0.1) is 10.6 Å². The maximum atomic E-state index is 12.6. The standard InChI is InChI=1S/C20H22N2O2S2/c1-13-9-14(2)11-17(10-13)26(23,24)21-12-19-16(4)22-20(25-19)18-8-6-5-7-15(18)3/h5-11,21H,12H2,1-4H3. The lowest BCUT2D eigenvalue weighted by atomic mass is 10.1. The smallest absolute Gasteiger partial charge is 0.240 e. The first kappa shape index (κ1) is 18.8. The molecule has 1 N–H and O–H groups in total. The minimum absolute atomic E-state index is 0.241. The van der Waals surface area contributed by atoms with Crippen molar-refractivity contribution >= 4 is 21.4 Å². The van der Waals surface area contributed by atoms with E-state index in [-0.39, 0.29) is 6.54 Å². The van der Waals surface area contributed by atoms with E-state index in [1.807, 2.05) is 45.0 Å². The van der Waals surface area contributed by atoms with Gasteiger partial charge in [-0.3, -0.25) is 0 Å². The Morgan fingerprint density at radius 2 is 1.65 bits per heavy atom. The van der Waals surface area contributed by atoms with Crippen molar-refractivity contribution in [2.75, 3.05) is 0 Å². The summed E-state index contributed by atoms with van der Waals surface area (Å²) in [5.74, 6) is 0. The fraction of sp³-hybridized carbons (Fsp3) is 0.250. The van der Waals surface area contributed by atoms with Gasteiger partial charge in [0.1, 0.15) is 5.01 Å². The molecule has 0 bridgehead atoms. The molecule has 4 nitrogen and oxygen atoms in total. The molecule has 136 valence electrons. The SMILES string of the molecule is Cc1cc(C)cc(S(=O)(=O)NCc2sc(-c3ccccc3C)nc2C)c1. The summed E-state index contributed by atoms with van der Waals surface area (Å²) >= 11 is 1.53. The van der Waals surface area contributed by atoms with Gasteiger partial charge in [-0.25, -0.2) is 18.1 Å². The molecule has 3 rings (SSSR count). The molecule has 0 atom stereocenters. The number of aryl methyl sites for hydroxylation is 4. The first-order valence-electron chi connectivity index (χ1n) is 8.36. The summed E-state index contributed by atoms with van der Waals surface area (Å²) in [6.45, 7) is 8.00. The molecule has 0 saturated heterocycles. The Balaban J connectivity index is 1.83. The first-order valence-corrected chi connectivity index (χ1v) is 10.7. The number of aromatic nitrogens is 1. The van der Waals surface area contributed by atoms with Crippen molar-refractivity contribution in [3.8, 4) is 10.6 Å². The normalized spacial score (nSPS) is 11.7. The lowest BCUT2D eigenvalue weighted by Crippen LogP contribution is -2.23. The van der Waals surface area contributed by atoms with Gasteiger partial charge in [0.15, 0.2) is 0 Å². The van der Waals surface area contributed by atoms with Crippen molar-refractivity contribution in [1.82, 2.24) is 9.71 Å². The van der Waals surface area contributed by atoms with Crippen LogP contribution in [-0.4, -0.2) is 13.4 Å². The molecule has 3 aromatic rings. The molecule has 0 spiro atoms. The van der Waals surface area contributed by atoms with Gasteiger partial charge >= 0.3 is 0 Å². The Kier molecular flexibility index (Phi) is 5.27. The lowest BCUT2D eigenvalue weighted by molar-refractivity contribution is 0.581. The Hall–Kier alpha value is -2.02. The van der Waals surface area contributed by atoms with Crippen molar-refractivity contribution in [3.05, 3.63) is 69.7 Å². The van der Waals surface area contributed by atoms with Crippen LogP contribution in [-0.2, 0) is 16.6 Å². The molecule has 0 fully saturated rings. The molecule has 6 heteroatoms. The summed E-state index contributed by atoms with van der Waals surface area (Å²) in [5.41, 5.74) is 4.96. The Morgan fingerprint density at radius 1 is 1.00 bits per heavy atom. The number of rotatable bonds is 5. The molecule has 0 saturated carbocycles. The average Bonchev–Trinajstić information content (AvgIpc) is 2.93. The third-order valence-electron chi connectivity index (χ3n) is 4.20. The minimum Gasteiger partial charge on any atom is -0.241 e. The first-order chi connectivity index (χ1) is 12.3. The predicted octanol–water partition coefficient (Wildman–Crippen LogP) is 4.52. The number of benzene rings is 2. The van der Waals surface area contributed by atoms with Crippen LogP contribution in [0.2, 0.25) is 0 Å². The van der Waals surface area contributed by atoms with Crippen LogP contribution in [0, 0.1) is 27.7 Å². The van der Waals surface area contributed by atoms with Crippen LogP contribution in [0.15, 0.2) is 47.4 Å². The van der Waals surface area contributed by atoms with E-state index in [9.17, 15) is 8.42 Å². The third kappa shape index (κ3) is 4.03. The highest BCUT2D eigenvalue weighted by Gasteiger charge is 2.17. The van der Waals surface area contributed by atoms with E-state index in [1.165, 1.54) is 11.3 Å². The highest BCUT2D eigenvalue weighted by Crippen LogP contribution is 2.30. The van der Waals surface area contributed by atoms with Crippen LogP contribution in [0.3, 0.4) is 0 Å². The number of thiazole rings is 1. The second kappa shape index (κ2) is 7.31. The number of nitrogens with one attached hydrogen (secondary N) is 1. The molecule has 0 aliphatic rings. The van der Waals surface area contributed by atoms with Crippen molar-refractivity contribution in [3.63, 3.8) is 0 Å². The van der Waals surface area contributed by atoms with Gasteiger partial charge in [0, 0.05) is 17.0 Å². The van der Waals surface area contributed by atoms with Crippen molar-refractivity contribution < 1.29 is 8.42 Å². The summed E-state index contributed by atoms with van der Waals surface area (Å²) in [6.07, 6.45) is 0. The number of hydrogen-bond donors (Lipinski definition) is 1. The zero-order chi connectivity index (χ0) is 18.9. The van der Waals surface area contributed by atoms with E-state index in [2.05, 4.69) is 22.7 Å². The second-order valence-corrected chi connectivity index (χ2v) is 9.34. The summed E-state index contributed by atoms with van der Waals surface area (Å²) in [6, 6.07) is 13.4. The fourth-order valence-corrected chi connectivity index (χ4v) is 5.22. The van der Waals surface area contributed by atoms with Crippen LogP contribution in [0.4, 0.5) is 0 Å². The molecule has 2 aromatic carbocycles. The molecule has 1 aromatic heterocycles. The fourth-order valence-electron chi connectivity index (χ4n) is 2.85. The van der Waals surface area contributed by atoms with Gasteiger partial charge in [0.2, 0.25) is 10.0 Å². The van der Waals surface area contributed by atoms with Crippen LogP contribution >= 0.6 is 11.3 Å². The Morgan fingerprint density at radius 3 is 2.31 bits per heavy atom. The van der Waals surface area contributed by atoms with Crippen LogP contribution < -0.4 is 4.72 Å². The molecule has 26 heavy (non-hydrogen) atoms. The minimum atomic E-state index is -3.55. The lowest BCUT2D eigenvalue weighted by Gasteiger charge is -2.08. The van der Waals surface area contributed by atoms with E-state index in [4.69, 9.17) is 0 Å². The maximum Gasteiger partial charge on any atom is 0.240 e. The van der Waals surface area contributed by atoms with Gasteiger partial charge in [-0.1, -0.05) is 30.3 Å². The van der Waals surface area contributed by atoms with Gasteiger partial charge in [0.25, 0.3) is 0 Å². The zero-order valence-corrected chi connectivity index (χ0v) is 17.0. The van der Waals surface area contributed by atoms with Crippen LogP contribution in [0.1, 0.15) is 27.3 Å². The molecule has 0 amide bonds. The van der Waals surface area contributed by atoms with Crippen molar-refractivity contribution in [2.45, 2.75) is 39.1 Å². The van der Waals surface area contributed by atoms with Crippen molar-refractivity contribution in [2.24, 2.45) is 0 Å². The molecular formula is C20H22N2O2S2. The number of sulfonamides is 1. The third-order valence-corrected chi connectivity index (χ3v) is 6.77. The molecular weight excluding hydrogens is 364 g/mol. The number of hydrogen-bond acceptors (Lipinski definition) is 4. The molecule has 0 unspecified atom stereocenters. The van der Waals surface area contributed by atoms with Gasteiger partial charge < -0.3 is 0 Å². The summed E-state index contributed by atoms with van der Waals surface area (Å²) in [5, 5.41) is 0.918. The highest BCUT2D eigenvalue weighted by molar-refractivity contribution is 7.89. The Bertz CT molecular complexity index is 1030. The van der Waals surface area contributed by atoms with Crippen LogP contribution in [0.5, 0.6) is 0 Å². The Labute approximate surface area is 159 Å². The number of nitrogens with zero attached hydrogens (tertiary/aromatic N) is 1. The molecule has 0 radical (unpaired) electrons. The van der Waals surface area contributed by atoms with Crippen molar-refractivity contribution in [1.29, 1.82) is 0 Å². The largest absolute Gasteiger partial charge is 0.241 e. The topological polar surface area (TPSA) is 59.1 Å². The quantitative estimate of drug-likeness (QED) is 0.701. The zero-order valence-electron chi connectivity index (χ0n) is 15.3. The summed E-state index contributed by atoms with van der Waals surface area (Å²) < 4.78 is 28.0. The maximum absolute atomic E-state index is 12.6. The van der Waals surface area contributed by atoms with E-state index < -0.39 is 10.0 Å². The van der Waals surface area contributed by atoms with Crippen LogP contribution in [0.25, 0.3) is 10.6 Å². The monoisotopic (exact) mass is 386 g/mol. The van der Waals surface area contributed by atoms with Gasteiger partial charge in [-0.2, -0.15) is 0 Å². The molecule has 0 aliphatic heterocycles. The molecule has 1 heterocycles. The van der Waals surface area contributed by atoms with E-state index in [1.54, 1.807) is 12.1 Å². The highest BCUT2D eigenvalue weighted by atomic mass is 32.2. The van der Waals surface area contributed by atoms with Gasteiger partial charge in [-0.15, -0.1) is 11.3 Å². The second-order valence-electron chi connectivity index (χ2n) is 6.49. The summed E-state index contributed by atoms with van der Waals surface area (Å²) in [4.78, 5) is 5.86. The predicted molar refractivity (Wildman–Crippen MR) is 107 cm³/mol. The average molecular weight is 387 g/mol. The van der Waals surface area contributed by atoms with E-state index in [0.717, 1.165) is 37.8 Å². The van der Waals surface area contributed by atoms with Gasteiger partial charge in [-0.05, 0) is 56.5 Å². The summed E-state index contributed by atoms with van der Waals surface area (Å²) in [7, 11) is -3.55. The van der Waals surface area contributed by atoms with E-state index in [0.29, 0.717) is 4.90 Å².